The number of benzene rings is 4. The van der Waals surface area contributed by atoms with Crippen LogP contribution in [0.5, 0.6) is 0 Å². The largest absolute Gasteiger partial charge is 0.309 e. The lowest BCUT2D eigenvalue weighted by molar-refractivity contribution is 0.567. The summed E-state index contributed by atoms with van der Waals surface area (Å²) >= 11 is 0. The van der Waals surface area contributed by atoms with Gasteiger partial charge in [-0.05, 0) is 70.5 Å². The maximum Gasteiger partial charge on any atom is 0.144 e. The average molecular weight is 498 g/mol. The molecule has 0 atom stereocenters. The molecule has 2 heterocycles. The molecule has 0 fully saturated rings. The second-order valence-corrected chi connectivity index (χ2v) is 12.3. The number of rotatable bonds is 3. The lowest BCUT2D eigenvalue weighted by Crippen LogP contribution is -2.17. The first-order chi connectivity index (χ1) is 18.1. The summed E-state index contributed by atoms with van der Waals surface area (Å²) < 4.78 is 4.57. The van der Waals surface area contributed by atoms with E-state index in [0.29, 0.717) is 0 Å². The molecule has 0 aliphatic carbocycles. The lowest BCUT2D eigenvalue weighted by atomic mass is 9.80. The van der Waals surface area contributed by atoms with Crippen molar-refractivity contribution in [3.05, 3.63) is 115 Å². The Morgan fingerprint density at radius 1 is 0.579 bits per heavy atom. The maximum absolute atomic E-state index is 4.79. The standard InChI is InChI=1S/C35H35N3/c1-34(2,3)25-21-26(35(4,5)6)23-28(22-25)37-20-19-36-33(37)24-15-17-27(18-16-24)38-31-13-9-7-11-29(31)30-12-8-10-14-32(30)38/h7-23H,1-6H3. The molecule has 0 N–H and O–H groups in total. The fourth-order valence-corrected chi connectivity index (χ4v) is 5.30. The molecule has 6 aromatic rings. The van der Waals surface area contributed by atoms with E-state index in [1.807, 2.05) is 6.20 Å². The third-order valence-electron chi connectivity index (χ3n) is 7.53. The summed E-state index contributed by atoms with van der Waals surface area (Å²) in [7, 11) is 0. The first kappa shape index (κ1) is 24.2. The number of hydrogen-bond donors (Lipinski definition) is 0. The average Bonchev–Trinajstić information content (AvgIpc) is 3.51. The first-order valence-electron chi connectivity index (χ1n) is 13.4. The fourth-order valence-electron chi connectivity index (χ4n) is 5.30. The maximum atomic E-state index is 4.79. The van der Waals surface area contributed by atoms with Crippen LogP contribution in [0.2, 0.25) is 0 Å². The van der Waals surface area contributed by atoms with Crippen LogP contribution in [0.25, 0.3) is 44.6 Å². The summed E-state index contributed by atoms with van der Waals surface area (Å²) in [6.45, 7) is 13.7. The smallest absolute Gasteiger partial charge is 0.144 e. The molecule has 38 heavy (non-hydrogen) atoms. The van der Waals surface area contributed by atoms with Gasteiger partial charge in [0.1, 0.15) is 5.82 Å². The van der Waals surface area contributed by atoms with E-state index in [9.17, 15) is 0 Å². The monoisotopic (exact) mass is 497 g/mol. The Hall–Kier alpha value is -4.11. The molecular weight excluding hydrogens is 462 g/mol. The molecule has 0 aliphatic heterocycles. The van der Waals surface area contributed by atoms with Gasteiger partial charge in [-0.1, -0.05) is 84.0 Å². The first-order valence-corrected chi connectivity index (χ1v) is 13.4. The highest BCUT2D eigenvalue weighted by Gasteiger charge is 2.22. The molecule has 0 saturated heterocycles. The second kappa shape index (κ2) is 8.73. The molecule has 2 aromatic heterocycles. The van der Waals surface area contributed by atoms with E-state index < -0.39 is 0 Å². The third kappa shape index (κ3) is 4.12. The molecule has 3 nitrogen and oxygen atoms in total. The molecule has 0 aliphatic rings. The van der Waals surface area contributed by atoms with Crippen LogP contribution >= 0.6 is 0 Å². The van der Waals surface area contributed by atoms with Gasteiger partial charge in [0, 0.05) is 40.1 Å². The van der Waals surface area contributed by atoms with E-state index in [1.165, 1.54) is 32.9 Å². The molecule has 190 valence electrons. The van der Waals surface area contributed by atoms with Crippen LogP contribution in [0, 0.1) is 0 Å². The molecule has 0 bridgehead atoms. The Bertz CT molecular complexity index is 1680. The number of imidazole rings is 1. The van der Waals surface area contributed by atoms with Crippen molar-refractivity contribution < 1.29 is 0 Å². The van der Waals surface area contributed by atoms with Crippen molar-refractivity contribution in [1.29, 1.82) is 0 Å². The molecule has 0 amide bonds. The molecule has 6 rings (SSSR count). The third-order valence-corrected chi connectivity index (χ3v) is 7.53. The van der Waals surface area contributed by atoms with Crippen molar-refractivity contribution in [2.75, 3.05) is 0 Å². The molecule has 0 spiro atoms. The van der Waals surface area contributed by atoms with Crippen LogP contribution in [0.1, 0.15) is 52.7 Å². The molecule has 0 radical (unpaired) electrons. The van der Waals surface area contributed by atoms with Crippen molar-refractivity contribution >= 4 is 21.8 Å². The Balaban J connectivity index is 1.45. The van der Waals surface area contributed by atoms with Gasteiger partial charge in [0.05, 0.1) is 11.0 Å². The fraction of sp³-hybridized carbons (Fsp3) is 0.229. The Morgan fingerprint density at radius 3 is 1.63 bits per heavy atom. The minimum Gasteiger partial charge on any atom is -0.309 e. The summed E-state index contributed by atoms with van der Waals surface area (Å²) in [5.41, 5.74) is 8.62. The van der Waals surface area contributed by atoms with Crippen LogP contribution in [0.15, 0.2) is 103 Å². The minimum atomic E-state index is 0.0563. The quantitative estimate of drug-likeness (QED) is 0.239. The van der Waals surface area contributed by atoms with Crippen LogP contribution in [-0.4, -0.2) is 14.1 Å². The van der Waals surface area contributed by atoms with E-state index in [0.717, 1.165) is 22.8 Å². The highest BCUT2D eigenvalue weighted by atomic mass is 15.1. The van der Waals surface area contributed by atoms with E-state index in [4.69, 9.17) is 4.98 Å². The van der Waals surface area contributed by atoms with E-state index in [1.54, 1.807) is 0 Å². The number of fused-ring (bicyclic) bond motifs is 3. The zero-order valence-corrected chi connectivity index (χ0v) is 23.2. The highest BCUT2D eigenvalue weighted by molar-refractivity contribution is 6.09. The highest BCUT2D eigenvalue weighted by Crippen LogP contribution is 2.35. The van der Waals surface area contributed by atoms with Gasteiger partial charge in [-0.2, -0.15) is 0 Å². The second-order valence-electron chi connectivity index (χ2n) is 12.3. The Kier molecular flexibility index (Phi) is 5.57. The van der Waals surface area contributed by atoms with Crippen LogP contribution in [-0.2, 0) is 10.8 Å². The normalized spacial score (nSPS) is 12.5. The SMILES string of the molecule is CC(C)(C)c1cc(-n2ccnc2-c2ccc(-n3c4ccccc4c4ccccc43)cc2)cc(C(C)(C)C)c1. The van der Waals surface area contributed by atoms with Gasteiger partial charge >= 0.3 is 0 Å². The summed E-state index contributed by atoms with van der Waals surface area (Å²) in [5.74, 6) is 0.949. The van der Waals surface area contributed by atoms with E-state index in [-0.39, 0.29) is 10.8 Å². The van der Waals surface area contributed by atoms with Gasteiger partial charge in [0.2, 0.25) is 0 Å². The molecule has 4 aromatic carbocycles. The van der Waals surface area contributed by atoms with Gasteiger partial charge in [-0.15, -0.1) is 0 Å². The van der Waals surface area contributed by atoms with Crippen LogP contribution < -0.4 is 0 Å². The van der Waals surface area contributed by atoms with Gasteiger partial charge in [-0.3, -0.25) is 4.57 Å². The van der Waals surface area contributed by atoms with Crippen LogP contribution in [0.4, 0.5) is 0 Å². The minimum absolute atomic E-state index is 0.0563. The molecule has 0 saturated carbocycles. The van der Waals surface area contributed by atoms with Crippen molar-refractivity contribution in [2.24, 2.45) is 0 Å². The predicted molar refractivity (Wildman–Crippen MR) is 161 cm³/mol. The van der Waals surface area contributed by atoms with Crippen LogP contribution in [0.3, 0.4) is 0 Å². The number of aromatic nitrogens is 3. The predicted octanol–water partition coefficient (Wildman–Crippen LogP) is 9.23. The molecular formula is C35H35N3. The number of hydrogen-bond acceptors (Lipinski definition) is 1. The lowest BCUT2D eigenvalue weighted by Gasteiger charge is -2.26. The number of para-hydroxylation sites is 2. The van der Waals surface area contributed by atoms with Gasteiger partial charge in [0.15, 0.2) is 0 Å². The Labute approximate surface area is 225 Å². The summed E-state index contributed by atoms with van der Waals surface area (Å²) in [6, 6.07) is 33.0. The number of nitrogens with zero attached hydrogens (tertiary/aromatic N) is 3. The summed E-state index contributed by atoms with van der Waals surface area (Å²) in [4.78, 5) is 4.79. The van der Waals surface area contributed by atoms with Gasteiger partial charge in [-0.25, -0.2) is 4.98 Å². The summed E-state index contributed by atoms with van der Waals surface area (Å²) in [6.07, 6.45) is 3.97. The van der Waals surface area contributed by atoms with E-state index in [2.05, 4.69) is 148 Å². The summed E-state index contributed by atoms with van der Waals surface area (Å²) in [5, 5.41) is 2.55. The van der Waals surface area contributed by atoms with Gasteiger partial charge < -0.3 is 4.57 Å². The Morgan fingerprint density at radius 2 is 1.11 bits per heavy atom. The van der Waals surface area contributed by atoms with Crippen molar-refractivity contribution in [3.8, 4) is 22.8 Å². The van der Waals surface area contributed by atoms with Crippen molar-refractivity contribution in [1.82, 2.24) is 14.1 Å². The topological polar surface area (TPSA) is 22.8 Å². The van der Waals surface area contributed by atoms with E-state index >= 15 is 0 Å². The zero-order valence-electron chi connectivity index (χ0n) is 23.2. The van der Waals surface area contributed by atoms with Crippen molar-refractivity contribution in [2.45, 2.75) is 52.4 Å². The molecule has 0 unspecified atom stereocenters. The zero-order chi connectivity index (χ0) is 26.7. The van der Waals surface area contributed by atoms with Gasteiger partial charge in [0.25, 0.3) is 0 Å². The molecule has 3 heteroatoms. The van der Waals surface area contributed by atoms with Crippen molar-refractivity contribution in [3.63, 3.8) is 0 Å².